The number of hydrogen-bond donors (Lipinski definition) is 3. The first-order valence-corrected chi connectivity index (χ1v) is 11.5. The Bertz CT molecular complexity index is 1020. The van der Waals surface area contributed by atoms with Crippen molar-refractivity contribution in [1.82, 2.24) is 15.7 Å². The standard InChI is InChI=1S/C25H30F3N3O5/c1-2-3-4-7-21(14-31(35)17-32)24(34)30-16-29-23(33)20-10-5-8-18(12-20)19-9-6-11-22(13-19)36-15-25(26,27)28/h5-6,8-13,17,21,35H,2-4,7,14-16H2,1H3,(H,29,33)(H,30,34). The van der Waals surface area contributed by atoms with Gasteiger partial charge in [-0.2, -0.15) is 13.2 Å². The predicted molar refractivity (Wildman–Crippen MR) is 126 cm³/mol. The number of benzene rings is 2. The molecule has 0 aromatic heterocycles. The zero-order valence-corrected chi connectivity index (χ0v) is 19.9. The average Bonchev–Trinajstić information content (AvgIpc) is 2.86. The maximum absolute atomic E-state index is 12.6. The number of hydroxylamine groups is 2. The van der Waals surface area contributed by atoms with Gasteiger partial charge in [0.15, 0.2) is 6.61 Å². The second-order valence-corrected chi connectivity index (χ2v) is 8.16. The smallest absolute Gasteiger partial charge is 0.422 e. The van der Waals surface area contributed by atoms with Crippen LogP contribution in [0.5, 0.6) is 5.75 Å². The molecule has 0 saturated carbocycles. The van der Waals surface area contributed by atoms with Crippen molar-refractivity contribution in [2.24, 2.45) is 5.92 Å². The maximum Gasteiger partial charge on any atom is 0.422 e. The number of carbonyl (C=O) groups is 3. The van der Waals surface area contributed by atoms with Gasteiger partial charge in [-0.05, 0) is 41.8 Å². The fourth-order valence-electron chi connectivity index (χ4n) is 3.44. The molecule has 0 saturated heterocycles. The summed E-state index contributed by atoms with van der Waals surface area (Å²) >= 11 is 0. The lowest BCUT2D eigenvalue weighted by Gasteiger charge is -2.19. The fourth-order valence-corrected chi connectivity index (χ4v) is 3.44. The van der Waals surface area contributed by atoms with Gasteiger partial charge < -0.3 is 15.4 Å². The number of carbonyl (C=O) groups excluding carboxylic acids is 3. The number of amides is 3. The first-order chi connectivity index (χ1) is 17.1. The number of rotatable bonds is 14. The van der Waals surface area contributed by atoms with Gasteiger partial charge in [0.25, 0.3) is 5.91 Å². The molecule has 0 heterocycles. The van der Waals surface area contributed by atoms with E-state index < -0.39 is 30.5 Å². The summed E-state index contributed by atoms with van der Waals surface area (Å²) in [6.45, 7) is 0.289. The summed E-state index contributed by atoms with van der Waals surface area (Å²) in [6.07, 6.45) is -1.14. The molecule has 2 aromatic carbocycles. The van der Waals surface area contributed by atoms with Crippen LogP contribution in [0.4, 0.5) is 13.2 Å². The van der Waals surface area contributed by atoms with Gasteiger partial charge in [0.2, 0.25) is 12.3 Å². The lowest BCUT2D eigenvalue weighted by Crippen LogP contribution is -2.43. The van der Waals surface area contributed by atoms with Gasteiger partial charge in [0.05, 0.1) is 19.1 Å². The molecule has 196 valence electrons. The highest BCUT2D eigenvalue weighted by atomic mass is 19.4. The van der Waals surface area contributed by atoms with Crippen LogP contribution in [-0.4, -0.2) is 54.5 Å². The van der Waals surface area contributed by atoms with Crippen LogP contribution in [0.1, 0.15) is 43.0 Å². The Morgan fingerprint density at radius 2 is 1.78 bits per heavy atom. The zero-order valence-electron chi connectivity index (χ0n) is 19.9. The molecule has 0 aliphatic heterocycles. The number of ether oxygens (including phenoxy) is 1. The summed E-state index contributed by atoms with van der Waals surface area (Å²) in [6, 6.07) is 12.6. The summed E-state index contributed by atoms with van der Waals surface area (Å²) in [4.78, 5) is 35.8. The molecule has 0 fully saturated rings. The number of unbranched alkanes of at least 4 members (excludes halogenated alkanes) is 2. The van der Waals surface area contributed by atoms with Crippen molar-refractivity contribution in [3.63, 3.8) is 0 Å². The minimum Gasteiger partial charge on any atom is -0.484 e. The van der Waals surface area contributed by atoms with Gasteiger partial charge in [-0.25, -0.2) is 5.06 Å². The van der Waals surface area contributed by atoms with Gasteiger partial charge >= 0.3 is 6.18 Å². The highest BCUT2D eigenvalue weighted by Crippen LogP contribution is 2.26. The Labute approximate surface area is 207 Å². The summed E-state index contributed by atoms with van der Waals surface area (Å²) in [5.74, 6) is -1.46. The molecule has 0 bridgehead atoms. The molecule has 0 aliphatic carbocycles. The Balaban J connectivity index is 1.97. The molecular weight excluding hydrogens is 479 g/mol. The van der Waals surface area contributed by atoms with Crippen LogP contribution in [0, 0.1) is 5.92 Å². The molecule has 0 aliphatic rings. The van der Waals surface area contributed by atoms with Crippen LogP contribution in [0.25, 0.3) is 11.1 Å². The third-order valence-corrected chi connectivity index (χ3v) is 5.26. The second-order valence-electron chi connectivity index (χ2n) is 8.16. The van der Waals surface area contributed by atoms with Crippen molar-refractivity contribution >= 4 is 18.2 Å². The third-order valence-electron chi connectivity index (χ3n) is 5.26. The molecule has 1 unspecified atom stereocenters. The van der Waals surface area contributed by atoms with Crippen molar-refractivity contribution in [2.75, 3.05) is 19.8 Å². The predicted octanol–water partition coefficient (Wildman–Crippen LogP) is 4.14. The van der Waals surface area contributed by atoms with E-state index >= 15 is 0 Å². The molecular formula is C25H30F3N3O5. The van der Waals surface area contributed by atoms with Gasteiger partial charge in [-0.3, -0.25) is 19.6 Å². The lowest BCUT2D eigenvalue weighted by molar-refractivity contribution is -0.155. The van der Waals surface area contributed by atoms with E-state index in [1.54, 1.807) is 36.4 Å². The van der Waals surface area contributed by atoms with E-state index in [0.717, 1.165) is 19.3 Å². The van der Waals surface area contributed by atoms with Crippen LogP contribution in [0.3, 0.4) is 0 Å². The second kappa shape index (κ2) is 14.1. The fraction of sp³-hybridized carbons (Fsp3) is 0.400. The van der Waals surface area contributed by atoms with Gasteiger partial charge in [0, 0.05) is 5.56 Å². The number of halogens is 3. The van der Waals surface area contributed by atoms with Crippen molar-refractivity contribution < 1.29 is 37.5 Å². The topological polar surface area (TPSA) is 108 Å². The molecule has 2 aromatic rings. The molecule has 0 spiro atoms. The highest BCUT2D eigenvalue weighted by Gasteiger charge is 2.28. The Hall–Kier alpha value is -3.60. The minimum atomic E-state index is -4.45. The first kappa shape index (κ1) is 28.6. The first-order valence-electron chi connectivity index (χ1n) is 11.5. The molecule has 3 amide bonds. The average molecular weight is 510 g/mol. The van der Waals surface area contributed by atoms with Crippen LogP contribution in [0.2, 0.25) is 0 Å². The molecule has 2 rings (SSSR count). The van der Waals surface area contributed by atoms with Crippen molar-refractivity contribution in [1.29, 1.82) is 0 Å². The van der Waals surface area contributed by atoms with E-state index in [-0.39, 0.29) is 30.9 Å². The van der Waals surface area contributed by atoms with E-state index in [2.05, 4.69) is 10.6 Å². The number of nitrogens with one attached hydrogen (secondary N) is 2. The normalized spacial score (nSPS) is 11.9. The largest absolute Gasteiger partial charge is 0.484 e. The van der Waals surface area contributed by atoms with Gasteiger partial charge in [0.1, 0.15) is 5.75 Å². The molecule has 36 heavy (non-hydrogen) atoms. The summed E-state index contributed by atoms with van der Waals surface area (Å²) in [5.41, 5.74) is 1.44. The third kappa shape index (κ3) is 9.95. The van der Waals surface area contributed by atoms with E-state index in [1.807, 2.05) is 6.92 Å². The van der Waals surface area contributed by atoms with Crippen LogP contribution in [-0.2, 0) is 9.59 Å². The minimum absolute atomic E-state index is 0.0481. The van der Waals surface area contributed by atoms with Crippen molar-refractivity contribution in [2.45, 2.75) is 38.8 Å². The van der Waals surface area contributed by atoms with E-state index in [0.29, 0.717) is 22.6 Å². The van der Waals surface area contributed by atoms with E-state index in [9.17, 15) is 32.8 Å². The quantitative estimate of drug-likeness (QED) is 0.117. The monoisotopic (exact) mass is 509 g/mol. The van der Waals surface area contributed by atoms with E-state index in [4.69, 9.17) is 4.74 Å². The molecule has 11 heteroatoms. The maximum atomic E-state index is 12.6. The Kier molecular flexibility index (Phi) is 11.2. The molecule has 1 atom stereocenters. The summed E-state index contributed by atoms with van der Waals surface area (Å²) < 4.78 is 42.0. The van der Waals surface area contributed by atoms with Crippen molar-refractivity contribution in [3.8, 4) is 16.9 Å². The van der Waals surface area contributed by atoms with Crippen LogP contribution < -0.4 is 15.4 Å². The zero-order chi connectivity index (χ0) is 26.6. The SMILES string of the molecule is CCCCCC(CN(O)C=O)C(=O)NCNC(=O)c1cccc(-c2cccc(OCC(F)(F)F)c2)c1. The number of hydrogen-bond acceptors (Lipinski definition) is 5. The highest BCUT2D eigenvalue weighted by molar-refractivity contribution is 5.95. The lowest BCUT2D eigenvalue weighted by atomic mass is 10.0. The Morgan fingerprint density at radius 1 is 1.08 bits per heavy atom. The molecule has 0 radical (unpaired) electrons. The van der Waals surface area contributed by atoms with Gasteiger partial charge in [-0.1, -0.05) is 50.5 Å². The summed E-state index contributed by atoms with van der Waals surface area (Å²) in [5, 5.41) is 15.0. The summed E-state index contributed by atoms with van der Waals surface area (Å²) in [7, 11) is 0. The van der Waals surface area contributed by atoms with E-state index in [1.165, 1.54) is 12.1 Å². The molecule has 8 nitrogen and oxygen atoms in total. The van der Waals surface area contributed by atoms with Crippen LogP contribution in [0.15, 0.2) is 48.5 Å². The van der Waals surface area contributed by atoms with Crippen molar-refractivity contribution in [3.05, 3.63) is 54.1 Å². The number of alkyl halides is 3. The number of nitrogens with zero attached hydrogens (tertiary/aromatic N) is 1. The van der Waals surface area contributed by atoms with Crippen LogP contribution >= 0.6 is 0 Å². The molecule has 3 N–H and O–H groups in total. The Morgan fingerprint density at radius 3 is 2.44 bits per heavy atom. The van der Waals surface area contributed by atoms with Gasteiger partial charge in [-0.15, -0.1) is 0 Å².